The van der Waals surface area contributed by atoms with E-state index in [4.69, 9.17) is 0 Å². The van der Waals surface area contributed by atoms with Crippen LogP contribution in [0, 0.1) is 0 Å². The number of anilines is 2. The number of nitrogens with zero attached hydrogens (tertiary/aromatic N) is 2. The molecule has 0 atom stereocenters. The van der Waals surface area contributed by atoms with Crippen molar-refractivity contribution in [3.63, 3.8) is 0 Å². The number of hydrogen-bond donors (Lipinski definition) is 0. The van der Waals surface area contributed by atoms with Crippen molar-refractivity contribution in [2.75, 3.05) is 10.0 Å². The van der Waals surface area contributed by atoms with E-state index < -0.39 is 5.54 Å². The summed E-state index contributed by atoms with van der Waals surface area (Å²) < 4.78 is 0. The van der Waals surface area contributed by atoms with Crippen LogP contribution >= 0.6 is 0 Å². The Morgan fingerprint density at radius 2 is 0.862 bits per heavy atom. The predicted molar refractivity (Wildman–Crippen MR) is 117 cm³/mol. The molecule has 140 valence electrons. The molecule has 0 aromatic heterocycles. The van der Waals surface area contributed by atoms with Crippen molar-refractivity contribution in [2.45, 2.75) is 5.54 Å². The van der Waals surface area contributed by atoms with Gasteiger partial charge in [-0.1, -0.05) is 97.1 Å². The Hall–Kier alpha value is -3.85. The van der Waals surface area contributed by atoms with Crippen molar-refractivity contribution >= 4 is 17.3 Å². The standard InChI is InChI=1S/C26H20N2O/c29-25-26(21-13-5-1-6-14-21,22-15-7-2-8-16-22)28(24-19-11-4-12-20-24)27(25)23-17-9-3-10-18-23/h1-20H. The first kappa shape index (κ1) is 17.3. The molecule has 1 aliphatic rings. The molecule has 1 aliphatic heterocycles. The van der Waals surface area contributed by atoms with E-state index in [9.17, 15) is 4.79 Å². The molecule has 3 heteroatoms. The maximum Gasteiger partial charge on any atom is 0.283 e. The summed E-state index contributed by atoms with van der Waals surface area (Å²) in [6.45, 7) is 0. The van der Waals surface area contributed by atoms with Crippen LogP contribution in [0.5, 0.6) is 0 Å². The quantitative estimate of drug-likeness (QED) is 0.476. The second-order valence-corrected chi connectivity index (χ2v) is 7.04. The average Bonchev–Trinajstić information content (AvgIpc) is 2.80. The van der Waals surface area contributed by atoms with E-state index in [0.717, 1.165) is 22.5 Å². The Kier molecular flexibility index (Phi) is 4.14. The minimum absolute atomic E-state index is 0.0324. The van der Waals surface area contributed by atoms with Crippen molar-refractivity contribution < 1.29 is 4.79 Å². The van der Waals surface area contributed by atoms with Gasteiger partial charge in [0.05, 0.1) is 11.4 Å². The second-order valence-electron chi connectivity index (χ2n) is 7.04. The topological polar surface area (TPSA) is 23.6 Å². The lowest BCUT2D eigenvalue weighted by molar-refractivity contribution is -0.128. The van der Waals surface area contributed by atoms with Gasteiger partial charge in [0.1, 0.15) is 0 Å². The molecule has 0 spiro atoms. The lowest BCUT2D eigenvalue weighted by atomic mass is 9.77. The number of hydrazine groups is 1. The van der Waals surface area contributed by atoms with Gasteiger partial charge in [-0.05, 0) is 35.4 Å². The van der Waals surface area contributed by atoms with Gasteiger partial charge >= 0.3 is 0 Å². The van der Waals surface area contributed by atoms with E-state index in [2.05, 4.69) is 5.01 Å². The minimum atomic E-state index is -0.917. The molecule has 4 aromatic carbocycles. The maximum absolute atomic E-state index is 14.0. The molecule has 0 radical (unpaired) electrons. The number of carbonyl (C=O) groups excluding carboxylic acids is 1. The number of carbonyl (C=O) groups is 1. The van der Waals surface area contributed by atoms with Gasteiger partial charge in [0, 0.05) is 0 Å². The predicted octanol–water partition coefficient (Wildman–Crippen LogP) is 5.40. The zero-order valence-corrected chi connectivity index (χ0v) is 15.8. The number of rotatable bonds is 4. The molecular weight excluding hydrogens is 356 g/mol. The van der Waals surface area contributed by atoms with Crippen LogP contribution in [0.3, 0.4) is 0 Å². The van der Waals surface area contributed by atoms with Crippen LogP contribution in [0.2, 0.25) is 0 Å². The van der Waals surface area contributed by atoms with Gasteiger partial charge in [-0.25, -0.2) is 5.01 Å². The van der Waals surface area contributed by atoms with Crippen LogP contribution in [0.1, 0.15) is 11.1 Å². The van der Waals surface area contributed by atoms with Gasteiger partial charge in [0.25, 0.3) is 5.91 Å². The summed E-state index contributed by atoms with van der Waals surface area (Å²) in [5.41, 5.74) is 2.80. The molecule has 3 nitrogen and oxygen atoms in total. The summed E-state index contributed by atoms with van der Waals surface area (Å²) in [5, 5.41) is 3.88. The average molecular weight is 376 g/mol. The van der Waals surface area contributed by atoms with E-state index >= 15 is 0 Å². The summed E-state index contributed by atoms with van der Waals surface area (Å²) in [6.07, 6.45) is 0. The molecule has 1 heterocycles. The van der Waals surface area contributed by atoms with Crippen molar-refractivity contribution in [2.24, 2.45) is 0 Å². The lowest BCUT2D eigenvalue weighted by Gasteiger charge is -2.59. The first-order valence-electron chi connectivity index (χ1n) is 9.69. The molecule has 4 aromatic rings. The van der Waals surface area contributed by atoms with Crippen molar-refractivity contribution in [3.8, 4) is 0 Å². The molecule has 0 unspecified atom stereocenters. The van der Waals surface area contributed by atoms with Crippen LogP contribution < -0.4 is 10.0 Å². The molecule has 1 saturated heterocycles. The zero-order chi connectivity index (χ0) is 19.7. The normalized spacial score (nSPS) is 15.1. The third-order valence-electron chi connectivity index (χ3n) is 5.40. The Morgan fingerprint density at radius 1 is 0.483 bits per heavy atom. The third-order valence-corrected chi connectivity index (χ3v) is 5.40. The fourth-order valence-corrected chi connectivity index (χ4v) is 4.14. The second kappa shape index (κ2) is 6.95. The lowest BCUT2D eigenvalue weighted by Crippen LogP contribution is -2.77. The van der Waals surface area contributed by atoms with Crippen LogP contribution in [-0.4, -0.2) is 5.91 Å². The van der Waals surface area contributed by atoms with Crippen LogP contribution in [0.15, 0.2) is 121 Å². The highest BCUT2D eigenvalue weighted by Gasteiger charge is 2.62. The third kappa shape index (κ3) is 2.55. The molecule has 0 bridgehead atoms. The number of benzene rings is 4. The van der Waals surface area contributed by atoms with Gasteiger partial charge in [-0.15, -0.1) is 0 Å². The highest BCUT2D eigenvalue weighted by atomic mass is 16.2. The molecule has 0 saturated carbocycles. The summed E-state index contributed by atoms with van der Waals surface area (Å²) in [6, 6.07) is 39.9. The molecule has 5 rings (SSSR count). The van der Waals surface area contributed by atoms with E-state index in [1.807, 2.05) is 121 Å². The zero-order valence-electron chi connectivity index (χ0n) is 15.8. The highest BCUT2D eigenvalue weighted by molar-refractivity contribution is 6.15. The van der Waals surface area contributed by atoms with Crippen molar-refractivity contribution in [3.05, 3.63) is 132 Å². The van der Waals surface area contributed by atoms with Gasteiger partial charge < -0.3 is 0 Å². The summed E-state index contributed by atoms with van der Waals surface area (Å²) >= 11 is 0. The molecule has 0 N–H and O–H groups in total. The SMILES string of the molecule is O=C1N(c2ccccc2)N(c2ccccc2)C1(c1ccccc1)c1ccccc1. The summed E-state index contributed by atoms with van der Waals surface area (Å²) in [5.74, 6) is 0.0324. The minimum Gasteiger partial charge on any atom is -0.269 e. The van der Waals surface area contributed by atoms with E-state index in [1.165, 1.54) is 0 Å². The maximum atomic E-state index is 14.0. The number of para-hydroxylation sites is 2. The number of hydrogen-bond acceptors (Lipinski definition) is 2. The van der Waals surface area contributed by atoms with Gasteiger partial charge in [0.2, 0.25) is 0 Å². The van der Waals surface area contributed by atoms with Crippen molar-refractivity contribution in [1.82, 2.24) is 0 Å². The van der Waals surface area contributed by atoms with Gasteiger partial charge in [-0.3, -0.25) is 9.80 Å². The molecule has 1 fully saturated rings. The van der Waals surface area contributed by atoms with Gasteiger partial charge in [0.15, 0.2) is 5.54 Å². The van der Waals surface area contributed by atoms with E-state index in [0.29, 0.717) is 0 Å². The Balaban J connectivity index is 1.78. The fourth-order valence-electron chi connectivity index (χ4n) is 4.14. The Labute approximate surface area is 170 Å². The Bertz CT molecular complexity index is 1070. The smallest absolute Gasteiger partial charge is 0.269 e. The highest BCUT2D eigenvalue weighted by Crippen LogP contribution is 2.50. The van der Waals surface area contributed by atoms with E-state index in [-0.39, 0.29) is 5.91 Å². The monoisotopic (exact) mass is 376 g/mol. The molecule has 0 aliphatic carbocycles. The number of amides is 1. The largest absolute Gasteiger partial charge is 0.283 e. The van der Waals surface area contributed by atoms with Crippen LogP contribution in [0.25, 0.3) is 0 Å². The molecular formula is C26H20N2O. The first-order valence-corrected chi connectivity index (χ1v) is 9.69. The summed E-state index contributed by atoms with van der Waals surface area (Å²) in [7, 11) is 0. The molecule has 1 amide bonds. The first-order chi connectivity index (χ1) is 14.3. The fraction of sp³-hybridized carbons (Fsp3) is 0.0385. The summed E-state index contributed by atoms with van der Waals surface area (Å²) in [4.78, 5) is 14.0. The molecule has 29 heavy (non-hydrogen) atoms. The van der Waals surface area contributed by atoms with Crippen LogP contribution in [0.4, 0.5) is 11.4 Å². The van der Waals surface area contributed by atoms with Gasteiger partial charge in [-0.2, -0.15) is 0 Å². The van der Waals surface area contributed by atoms with Crippen molar-refractivity contribution in [1.29, 1.82) is 0 Å². The van der Waals surface area contributed by atoms with E-state index in [1.54, 1.807) is 5.01 Å². The Morgan fingerprint density at radius 3 is 1.31 bits per heavy atom. The van der Waals surface area contributed by atoms with Crippen LogP contribution in [-0.2, 0) is 10.3 Å².